The van der Waals surface area contributed by atoms with E-state index in [0.717, 1.165) is 11.1 Å². The summed E-state index contributed by atoms with van der Waals surface area (Å²) in [6.07, 6.45) is 0. The summed E-state index contributed by atoms with van der Waals surface area (Å²) in [5.41, 5.74) is 2.45. The molecule has 0 aromatic heterocycles. The van der Waals surface area contributed by atoms with E-state index in [1.165, 1.54) is 16.4 Å². The van der Waals surface area contributed by atoms with Crippen molar-refractivity contribution in [3.63, 3.8) is 0 Å². The van der Waals surface area contributed by atoms with E-state index in [9.17, 15) is 8.42 Å². The summed E-state index contributed by atoms with van der Waals surface area (Å²) in [5, 5.41) is 0.501. The van der Waals surface area contributed by atoms with Crippen LogP contribution in [0.25, 0.3) is 11.1 Å². The lowest BCUT2D eigenvalue weighted by Gasteiger charge is -2.22. The Balaban J connectivity index is 2.08. The van der Waals surface area contributed by atoms with E-state index in [4.69, 9.17) is 11.6 Å². The van der Waals surface area contributed by atoms with E-state index in [0.29, 0.717) is 10.7 Å². The molecule has 5 heteroatoms. The van der Waals surface area contributed by atoms with Gasteiger partial charge in [-0.2, -0.15) is 0 Å². The topological polar surface area (TPSA) is 37.4 Å². The third kappa shape index (κ3) is 3.16. The Hall–Kier alpha value is -2.30. The van der Waals surface area contributed by atoms with Crippen molar-refractivity contribution in [1.82, 2.24) is 0 Å². The van der Waals surface area contributed by atoms with Gasteiger partial charge < -0.3 is 0 Å². The molecule has 0 spiro atoms. The zero-order chi connectivity index (χ0) is 17.2. The van der Waals surface area contributed by atoms with E-state index in [1.54, 1.807) is 25.2 Å². The number of nitrogens with zero attached hydrogens (tertiary/aromatic N) is 1. The number of hydrogen-bond donors (Lipinski definition) is 0. The molecule has 3 aromatic rings. The Kier molecular flexibility index (Phi) is 4.60. The number of benzene rings is 3. The highest BCUT2D eigenvalue weighted by Gasteiger charge is 2.23. The van der Waals surface area contributed by atoms with Gasteiger partial charge in [0.2, 0.25) is 0 Å². The average molecular weight is 358 g/mol. The van der Waals surface area contributed by atoms with Crippen LogP contribution in [0.4, 0.5) is 5.69 Å². The van der Waals surface area contributed by atoms with Crippen LogP contribution in [-0.2, 0) is 10.0 Å². The molecule has 0 aliphatic heterocycles. The minimum atomic E-state index is -3.66. The maximum Gasteiger partial charge on any atom is 0.264 e. The summed E-state index contributed by atoms with van der Waals surface area (Å²) in [6.45, 7) is 0. The molecule has 122 valence electrons. The van der Waals surface area contributed by atoms with Crippen LogP contribution in [0.5, 0.6) is 0 Å². The molecule has 0 bridgehead atoms. The molecule has 0 saturated heterocycles. The molecular weight excluding hydrogens is 342 g/mol. The number of halogens is 1. The van der Waals surface area contributed by atoms with Gasteiger partial charge in [-0.15, -0.1) is 0 Å². The van der Waals surface area contributed by atoms with Crippen molar-refractivity contribution in [2.24, 2.45) is 0 Å². The highest BCUT2D eigenvalue weighted by atomic mass is 35.5. The van der Waals surface area contributed by atoms with Crippen LogP contribution in [0, 0.1) is 0 Å². The van der Waals surface area contributed by atoms with Crippen LogP contribution in [0.15, 0.2) is 83.8 Å². The van der Waals surface area contributed by atoms with Gasteiger partial charge in [-0.3, -0.25) is 4.31 Å². The van der Waals surface area contributed by atoms with Crippen molar-refractivity contribution in [3.05, 3.63) is 83.9 Å². The molecule has 0 amide bonds. The van der Waals surface area contributed by atoms with Crippen molar-refractivity contribution in [2.45, 2.75) is 4.90 Å². The average Bonchev–Trinajstić information content (AvgIpc) is 2.62. The second-order valence-electron chi connectivity index (χ2n) is 5.31. The van der Waals surface area contributed by atoms with Gasteiger partial charge in [-0.05, 0) is 35.9 Å². The normalized spacial score (nSPS) is 11.2. The first kappa shape index (κ1) is 16.6. The summed E-state index contributed by atoms with van der Waals surface area (Å²) in [7, 11) is -2.10. The summed E-state index contributed by atoms with van der Waals surface area (Å²) >= 11 is 5.86. The van der Waals surface area contributed by atoms with Crippen LogP contribution >= 0.6 is 11.6 Å². The molecule has 0 radical (unpaired) electrons. The summed E-state index contributed by atoms with van der Waals surface area (Å²) in [5.74, 6) is 0. The quantitative estimate of drug-likeness (QED) is 0.670. The molecule has 0 unspecified atom stereocenters. The largest absolute Gasteiger partial charge is 0.269 e. The van der Waals surface area contributed by atoms with Gasteiger partial charge in [0.25, 0.3) is 10.0 Å². The first-order valence-corrected chi connectivity index (χ1v) is 9.21. The van der Waals surface area contributed by atoms with Gasteiger partial charge in [0.15, 0.2) is 0 Å². The van der Waals surface area contributed by atoms with Gasteiger partial charge in [-0.1, -0.05) is 60.1 Å². The Bertz CT molecular complexity index is 939. The molecule has 24 heavy (non-hydrogen) atoms. The number of anilines is 1. The van der Waals surface area contributed by atoms with Crippen LogP contribution in [0.1, 0.15) is 0 Å². The van der Waals surface area contributed by atoms with E-state index >= 15 is 0 Å². The SMILES string of the molecule is CN(c1ccccc1-c1ccccc1)S(=O)(=O)c1ccc(Cl)cc1. The minimum absolute atomic E-state index is 0.206. The number of para-hydroxylation sites is 1. The predicted octanol–water partition coefficient (Wildman–Crippen LogP) is 4.83. The molecule has 0 aliphatic carbocycles. The monoisotopic (exact) mass is 357 g/mol. The zero-order valence-electron chi connectivity index (χ0n) is 13.1. The second kappa shape index (κ2) is 6.67. The van der Waals surface area contributed by atoms with E-state index in [-0.39, 0.29) is 4.90 Å². The molecule has 0 atom stereocenters. The van der Waals surface area contributed by atoms with Gasteiger partial charge in [0.05, 0.1) is 10.6 Å². The van der Waals surface area contributed by atoms with Gasteiger partial charge >= 0.3 is 0 Å². The predicted molar refractivity (Wildman–Crippen MR) is 98.9 cm³/mol. The van der Waals surface area contributed by atoms with Crippen molar-refractivity contribution in [1.29, 1.82) is 0 Å². The smallest absolute Gasteiger partial charge is 0.264 e. The highest BCUT2D eigenvalue weighted by Crippen LogP contribution is 2.33. The highest BCUT2D eigenvalue weighted by molar-refractivity contribution is 7.92. The third-order valence-electron chi connectivity index (χ3n) is 3.80. The summed E-state index contributed by atoms with van der Waals surface area (Å²) in [4.78, 5) is 0.206. The Morgan fingerprint density at radius 1 is 0.792 bits per heavy atom. The molecule has 0 N–H and O–H groups in total. The standard InChI is InChI=1S/C19H16ClNO2S/c1-21(24(22,23)17-13-11-16(20)12-14-17)19-10-6-5-9-18(19)15-7-3-2-4-8-15/h2-14H,1H3. The number of sulfonamides is 1. The van der Waals surface area contributed by atoms with Gasteiger partial charge in [0, 0.05) is 17.6 Å². The lowest BCUT2D eigenvalue weighted by molar-refractivity contribution is 0.594. The number of rotatable bonds is 4. The molecule has 3 rings (SSSR count). The Morgan fingerprint density at radius 3 is 2.04 bits per heavy atom. The Labute approximate surface area is 147 Å². The first-order chi connectivity index (χ1) is 11.5. The summed E-state index contributed by atoms with van der Waals surface area (Å²) < 4.78 is 27.1. The third-order valence-corrected chi connectivity index (χ3v) is 5.84. The fourth-order valence-electron chi connectivity index (χ4n) is 2.50. The number of hydrogen-bond acceptors (Lipinski definition) is 2. The van der Waals surface area contributed by atoms with Crippen LogP contribution in [0.2, 0.25) is 5.02 Å². The van der Waals surface area contributed by atoms with Crippen LogP contribution in [-0.4, -0.2) is 15.5 Å². The van der Waals surface area contributed by atoms with Crippen molar-refractivity contribution >= 4 is 27.3 Å². The van der Waals surface area contributed by atoms with Crippen molar-refractivity contribution < 1.29 is 8.42 Å². The first-order valence-electron chi connectivity index (χ1n) is 7.39. The van der Waals surface area contributed by atoms with Crippen LogP contribution in [0.3, 0.4) is 0 Å². The van der Waals surface area contributed by atoms with E-state index < -0.39 is 10.0 Å². The molecular formula is C19H16ClNO2S. The molecule has 0 fully saturated rings. The molecule has 3 nitrogen and oxygen atoms in total. The minimum Gasteiger partial charge on any atom is -0.269 e. The maximum absolute atomic E-state index is 12.9. The van der Waals surface area contributed by atoms with E-state index in [2.05, 4.69) is 0 Å². The fraction of sp³-hybridized carbons (Fsp3) is 0.0526. The van der Waals surface area contributed by atoms with Crippen molar-refractivity contribution in [2.75, 3.05) is 11.4 Å². The Morgan fingerprint density at radius 2 is 1.38 bits per heavy atom. The lowest BCUT2D eigenvalue weighted by atomic mass is 10.0. The lowest BCUT2D eigenvalue weighted by Crippen LogP contribution is -2.27. The molecule has 3 aromatic carbocycles. The van der Waals surface area contributed by atoms with Crippen LogP contribution < -0.4 is 4.31 Å². The maximum atomic E-state index is 12.9. The van der Waals surface area contributed by atoms with E-state index in [1.807, 2.05) is 48.5 Å². The molecule has 0 aliphatic rings. The summed E-state index contributed by atoms with van der Waals surface area (Å²) in [6, 6.07) is 23.3. The van der Waals surface area contributed by atoms with Gasteiger partial charge in [-0.25, -0.2) is 8.42 Å². The zero-order valence-corrected chi connectivity index (χ0v) is 14.6. The molecule has 0 saturated carbocycles. The van der Waals surface area contributed by atoms with Gasteiger partial charge in [0.1, 0.15) is 0 Å². The second-order valence-corrected chi connectivity index (χ2v) is 7.72. The molecule has 0 heterocycles. The fourth-order valence-corrected chi connectivity index (χ4v) is 3.84. The van der Waals surface area contributed by atoms with Crippen molar-refractivity contribution in [3.8, 4) is 11.1 Å².